The van der Waals surface area contributed by atoms with Crippen LogP contribution in [0.4, 0.5) is 5.69 Å². The van der Waals surface area contributed by atoms with Crippen LogP contribution < -0.4 is 5.32 Å². The van der Waals surface area contributed by atoms with Gasteiger partial charge in [-0.1, -0.05) is 103 Å². The van der Waals surface area contributed by atoms with Gasteiger partial charge in [0.2, 0.25) is 0 Å². The number of anilines is 1. The molecule has 0 aromatic heterocycles. The molecule has 0 saturated carbocycles. The molecule has 3 heteroatoms. The van der Waals surface area contributed by atoms with Crippen molar-refractivity contribution in [2.45, 2.75) is 96.8 Å². The highest BCUT2D eigenvalue weighted by Crippen LogP contribution is 2.14. The van der Waals surface area contributed by atoms with Crippen molar-refractivity contribution in [3.8, 4) is 0 Å². The van der Waals surface area contributed by atoms with Crippen molar-refractivity contribution in [1.82, 2.24) is 0 Å². The van der Waals surface area contributed by atoms with Gasteiger partial charge in [0.25, 0.3) is 0 Å². The second-order valence-electron chi connectivity index (χ2n) is 7.82. The van der Waals surface area contributed by atoms with Gasteiger partial charge in [-0.25, -0.2) is 4.79 Å². The van der Waals surface area contributed by atoms with Crippen LogP contribution in [0.3, 0.4) is 0 Å². The lowest BCUT2D eigenvalue weighted by molar-refractivity contribution is -0.131. The predicted octanol–water partition coefficient (Wildman–Crippen LogP) is 7.68. The summed E-state index contributed by atoms with van der Waals surface area (Å²) in [5.41, 5.74) is 2.01. The lowest BCUT2D eigenvalue weighted by atomic mass is 10.0. The van der Waals surface area contributed by atoms with Crippen molar-refractivity contribution in [1.29, 1.82) is 0 Å². The topological polar surface area (TPSA) is 49.3 Å². The standard InChI is InChI=1S/C25H41NO2/c1-2-3-4-5-6-7-8-9-10-11-12-13-14-15-22-26-24-19-16-23(17-20-24)18-21-25(27)28/h16-21,26H,2-15,22H2,1H3,(H,27,28)/b21-18+. The minimum atomic E-state index is -0.917. The first kappa shape index (κ1) is 24.3. The van der Waals surface area contributed by atoms with Crippen molar-refractivity contribution in [2.75, 3.05) is 11.9 Å². The molecule has 0 heterocycles. The molecular formula is C25H41NO2. The number of benzene rings is 1. The van der Waals surface area contributed by atoms with E-state index in [4.69, 9.17) is 5.11 Å². The molecule has 0 spiro atoms. The SMILES string of the molecule is CCCCCCCCCCCCCCCCNc1ccc(/C=C/C(=O)O)cc1. The number of rotatable bonds is 18. The van der Waals surface area contributed by atoms with Crippen LogP contribution in [0.5, 0.6) is 0 Å². The highest BCUT2D eigenvalue weighted by Gasteiger charge is 1.96. The number of carboxylic acids is 1. The summed E-state index contributed by atoms with van der Waals surface area (Å²) in [4.78, 5) is 10.5. The van der Waals surface area contributed by atoms with Gasteiger partial charge in [0.15, 0.2) is 0 Å². The number of unbranched alkanes of at least 4 members (excludes halogenated alkanes) is 13. The lowest BCUT2D eigenvalue weighted by Crippen LogP contribution is -2.01. The van der Waals surface area contributed by atoms with Gasteiger partial charge >= 0.3 is 5.97 Å². The summed E-state index contributed by atoms with van der Waals surface area (Å²) in [7, 11) is 0. The molecule has 2 N–H and O–H groups in total. The zero-order chi connectivity index (χ0) is 20.3. The van der Waals surface area contributed by atoms with Crippen LogP contribution in [0.1, 0.15) is 102 Å². The Morgan fingerprint density at radius 1 is 0.786 bits per heavy atom. The Labute approximate surface area is 172 Å². The second-order valence-corrected chi connectivity index (χ2v) is 7.82. The monoisotopic (exact) mass is 387 g/mol. The van der Waals surface area contributed by atoms with Gasteiger partial charge in [-0.2, -0.15) is 0 Å². The van der Waals surface area contributed by atoms with Crippen LogP contribution in [-0.4, -0.2) is 17.6 Å². The summed E-state index contributed by atoms with van der Waals surface area (Å²) in [6.45, 7) is 3.28. The van der Waals surface area contributed by atoms with E-state index in [1.165, 1.54) is 89.9 Å². The molecule has 0 aliphatic carbocycles. The van der Waals surface area contributed by atoms with Crippen molar-refractivity contribution < 1.29 is 9.90 Å². The van der Waals surface area contributed by atoms with E-state index in [2.05, 4.69) is 12.2 Å². The molecule has 0 atom stereocenters. The number of aliphatic carboxylic acids is 1. The van der Waals surface area contributed by atoms with E-state index in [9.17, 15) is 4.79 Å². The Kier molecular flexibility index (Phi) is 15.0. The van der Waals surface area contributed by atoms with Crippen LogP contribution in [0.25, 0.3) is 6.08 Å². The zero-order valence-electron chi connectivity index (χ0n) is 17.9. The molecule has 1 aromatic carbocycles. The average Bonchev–Trinajstić information content (AvgIpc) is 2.70. The molecule has 0 unspecified atom stereocenters. The second kappa shape index (κ2) is 17.3. The maximum atomic E-state index is 10.5. The fraction of sp³-hybridized carbons (Fsp3) is 0.640. The van der Waals surface area contributed by atoms with Crippen LogP contribution in [0, 0.1) is 0 Å². The third-order valence-corrected chi connectivity index (χ3v) is 5.19. The van der Waals surface area contributed by atoms with Crippen molar-refractivity contribution in [2.24, 2.45) is 0 Å². The average molecular weight is 388 g/mol. The van der Waals surface area contributed by atoms with Gasteiger partial charge in [0, 0.05) is 18.3 Å². The Bertz CT molecular complexity index is 522. The van der Waals surface area contributed by atoms with Gasteiger partial charge in [0.1, 0.15) is 0 Å². The van der Waals surface area contributed by atoms with Crippen LogP contribution in [0.2, 0.25) is 0 Å². The smallest absolute Gasteiger partial charge is 0.328 e. The fourth-order valence-corrected chi connectivity index (χ4v) is 3.43. The summed E-state index contributed by atoms with van der Waals surface area (Å²) in [5.74, 6) is -0.917. The van der Waals surface area contributed by atoms with E-state index in [0.29, 0.717) is 0 Å². The quantitative estimate of drug-likeness (QED) is 0.201. The number of hydrogen-bond donors (Lipinski definition) is 2. The molecule has 28 heavy (non-hydrogen) atoms. The van der Waals surface area contributed by atoms with Crippen LogP contribution >= 0.6 is 0 Å². The molecule has 0 saturated heterocycles. The maximum absolute atomic E-state index is 10.5. The molecular weight excluding hydrogens is 346 g/mol. The van der Waals surface area contributed by atoms with Gasteiger partial charge in [-0.15, -0.1) is 0 Å². The van der Waals surface area contributed by atoms with Crippen molar-refractivity contribution in [3.63, 3.8) is 0 Å². The molecule has 0 aliphatic rings. The Balaban J connectivity index is 1.88. The molecule has 0 aliphatic heterocycles. The highest BCUT2D eigenvalue weighted by molar-refractivity contribution is 5.85. The van der Waals surface area contributed by atoms with Gasteiger partial charge in [-0.3, -0.25) is 0 Å². The minimum absolute atomic E-state index is 0.907. The van der Waals surface area contributed by atoms with Crippen molar-refractivity contribution >= 4 is 17.7 Å². The highest BCUT2D eigenvalue weighted by atomic mass is 16.4. The normalized spacial score (nSPS) is 11.2. The molecule has 158 valence electrons. The summed E-state index contributed by atoms with van der Waals surface area (Å²) < 4.78 is 0. The number of carbonyl (C=O) groups is 1. The van der Waals surface area contributed by atoms with E-state index in [0.717, 1.165) is 23.9 Å². The van der Waals surface area contributed by atoms with E-state index in [1.807, 2.05) is 24.3 Å². The maximum Gasteiger partial charge on any atom is 0.328 e. The largest absolute Gasteiger partial charge is 0.478 e. The number of hydrogen-bond acceptors (Lipinski definition) is 2. The van der Waals surface area contributed by atoms with Gasteiger partial charge in [-0.05, 0) is 30.2 Å². The van der Waals surface area contributed by atoms with Crippen LogP contribution in [-0.2, 0) is 4.79 Å². The number of nitrogens with one attached hydrogen (secondary N) is 1. The number of carboxylic acid groups (broad SMARTS) is 1. The third-order valence-electron chi connectivity index (χ3n) is 5.19. The minimum Gasteiger partial charge on any atom is -0.478 e. The summed E-state index contributed by atoms with van der Waals surface area (Å²) in [6, 6.07) is 7.89. The van der Waals surface area contributed by atoms with E-state index >= 15 is 0 Å². The summed E-state index contributed by atoms with van der Waals surface area (Å²) >= 11 is 0. The summed E-state index contributed by atoms with van der Waals surface area (Å²) in [5, 5.41) is 12.1. The Hall–Kier alpha value is -1.77. The first-order chi connectivity index (χ1) is 13.7. The first-order valence-corrected chi connectivity index (χ1v) is 11.5. The molecule has 0 amide bonds. The van der Waals surface area contributed by atoms with Crippen molar-refractivity contribution in [3.05, 3.63) is 35.9 Å². The fourth-order valence-electron chi connectivity index (χ4n) is 3.43. The molecule has 1 rings (SSSR count). The predicted molar refractivity (Wildman–Crippen MR) is 122 cm³/mol. The van der Waals surface area contributed by atoms with E-state index in [-0.39, 0.29) is 0 Å². The molecule has 3 nitrogen and oxygen atoms in total. The van der Waals surface area contributed by atoms with Crippen LogP contribution in [0.15, 0.2) is 30.3 Å². The van der Waals surface area contributed by atoms with E-state index < -0.39 is 5.97 Å². The van der Waals surface area contributed by atoms with E-state index in [1.54, 1.807) is 6.08 Å². The molecule has 0 fully saturated rings. The molecule has 1 aromatic rings. The third kappa shape index (κ3) is 14.3. The Morgan fingerprint density at radius 2 is 1.25 bits per heavy atom. The molecule has 0 radical (unpaired) electrons. The van der Waals surface area contributed by atoms with Gasteiger partial charge < -0.3 is 10.4 Å². The zero-order valence-corrected chi connectivity index (χ0v) is 17.9. The molecule has 0 bridgehead atoms. The lowest BCUT2D eigenvalue weighted by Gasteiger charge is -2.07. The Morgan fingerprint density at radius 3 is 1.71 bits per heavy atom. The summed E-state index contributed by atoms with van der Waals surface area (Å²) in [6.07, 6.45) is 22.2. The first-order valence-electron chi connectivity index (χ1n) is 11.5. The van der Waals surface area contributed by atoms with Gasteiger partial charge in [0.05, 0.1) is 0 Å².